The maximum absolute atomic E-state index is 13.2. The summed E-state index contributed by atoms with van der Waals surface area (Å²) in [5, 5.41) is 8.38. The zero-order valence-electron chi connectivity index (χ0n) is 20.2. The molecule has 3 amide bonds. The minimum Gasteiger partial charge on any atom is -0.468 e. The second-order valence-electron chi connectivity index (χ2n) is 9.32. The number of ether oxygens (including phenoxy) is 1. The van der Waals surface area contributed by atoms with Crippen LogP contribution in [0.15, 0.2) is 35.3 Å². The summed E-state index contributed by atoms with van der Waals surface area (Å²) < 4.78 is 5.79. The molecule has 1 saturated carbocycles. The Bertz CT molecular complexity index is 868. The van der Waals surface area contributed by atoms with Crippen molar-refractivity contribution in [3.05, 3.63) is 30.3 Å². The summed E-state index contributed by atoms with van der Waals surface area (Å²) in [6.45, 7) is 0.534. The van der Waals surface area contributed by atoms with Crippen molar-refractivity contribution in [1.29, 1.82) is 0 Å². The van der Waals surface area contributed by atoms with Gasteiger partial charge in [0, 0.05) is 13.0 Å². The SMILES string of the molecule is NC(N)=NCCCCCC(=O)NC(CC1CCCCC1)C(=O)NC1C(=O)NC1Oc1ccccc1. The molecule has 10 heteroatoms. The van der Waals surface area contributed by atoms with Crippen molar-refractivity contribution in [3.8, 4) is 5.75 Å². The van der Waals surface area contributed by atoms with Crippen molar-refractivity contribution >= 4 is 23.7 Å². The van der Waals surface area contributed by atoms with Crippen molar-refractivity contribution in [3.63, 3.8) is 0 Å². The number of para-hydroxylation sites is 1. The van der Waals surface area contributed by atoms with Crippen molar-refractivity contribution in [2.45, 2.75) is 82.5 Å². The van der Waals surface area contributed by atoms with Crippen molar-refractivity contribution in [1.82, 2.24) is 16.0 Å². The minimum atomic E-state index is -0.802. The van der Waals surface area contributed by atoms with Gasteiger partial charge in [-0.05, 0) is 37.3 Å². The van der Waals surface area contributed by atoms with Crippen LogP contribution < -0.4 is 32.2 Å². The molecule has 0 radical (unpaired) electrons. The number of nitrogens with zero attached hydrogens (tertiary/aromatic N) is 1. The van der Waals surface area contributed by atoms with E-state index in [0.29, 0.717) is 37.5 Å². The van der Waals surface area contributed by atoms with E-state index >= 15 is 0 Å². The molecule has 0 aromatic heterocycles. The fraction of sp³-hybridized carbons (Fsp3) is 0.600. The highest BCUT2D eigenvalue weighted by Crippen LogP contribution is 2.27. The van der Waals surface area contributed by atoms with E-state index in [2.05, 4.69) is 20.9 Å². The van der Waals surface area contributed by atoms with E-state index < -0.39 is 18.3 Å². The summed E-state index contributed by atoms with van der Waals surface area (Å²) >= 11 is 0. The highest BCUT2D eigenvalue weighted by molar-refractivity contribution is 5.95. The van der Waals surface area contributed by atoms with E-state index in [4.69, 9.17) is 16.2 Å². The summed E-state index contributed by atoms with van der Waals surface area (Å²) in [6, 6.07) is 7.62. The number of unbranched alkanes of at least 4 members (excludes halogenated alkanes) is 2. The lowest BCUT2D eigenvalue weighted by atomic mass is 9.84. The number of nitrogens with one attached hydrogen (secondary N) is 3. The van der Waals surface area contributed by atoms with Crippen LogP contribution in [0.25, 0.3) is 0 Å². The molecule has 2 aliphatic rings. The van der Waals surface area contributed by atoms with Gasteiger partial charge in [0.15, 0.2) is 12.0 Å². The number of aliphatic imine (C=N–C) groups is 1. The number of amides is 3. The van der Waals surface area contributed by atoms with Crippen LogP contribution in [0.2, 0.25) is 0 Å². The number of carbonyl (C=O) groups excluding carboxylic acids is 3. The number of carbonyl (C=O) groups is 3. The first-order valence-corrected chi connectivity index (χ1v) is 12.6. The smallest absolute Gasteiger partial charge is 0.251 e. The van der Waals surface area contributed by atoms with Crippen molar-refractivity contribution in [2.24, 2.45) is 22.4 Å². The molecule has 1 saturated heterocycles. The van der Waals surface area contributed by atoms with Gasteiger partial charge in [-0.15, -0.1) is 0 Å². The molecule has 192 valence electrons. The van der Waals surface area contributed by atoms with Crippen LogP contribution in [0.4, 0.5) is 0 Å². The van der Waals surface area contributed by atoms with Gasteiger partial charge in [0.2, 0.25) is 18.0 Å². The number of nitrogens with two attached hydrogens (primary N) is 2. The van der Waals surface area contributed by atoms with Crippen LogP contribution in [-0.2, 0) is 14.4 Å². The Morgan fingerprint density at radius 3 is 2.51 bits per heavy atom. The molecule has 7 N–H and O–H groups in total. The molecule has 1 aliphatic heterocycles. The van der Waals surface area contributed by atoms with Gasteiger partial charge in [-0.3, -0.25) is 19.4 Å². The maximum Gasteiger partial charge on any atom is 0.251 e. The molecular weight excluding hydrogens is 448 g/mol. The highest BCUT2D eigenvalue weighted by atomic mass is 16.5. The Labute approximate surface area is 206 Å². The molecule has 3 atom stereocenters. The molecule has 1 aliphatic carbocycles. The fourth-order valence-corrected chi connectivity index (χ4v) is 4.53. The average molecular weight is 487 g/mol. The molecule has 10 nitrogen and oxygen atoms in total. The van der Waals surface area contributed by atoms with Crippen LogP contribution in [0.5, 0.6) is 5.75 Å². The van der Waals surface area contributed by atoms with Crippen LogP contribution in [-0.4, -0.2) is 48.5 Å². The summed E-state index contributed by atoms with van der Waals surface area (Å²) in [5.41, 5.74) is 10.6. The molecular formula is C25H38N6O4. The summed E-state index contributed by atoms with van der Waals surface area (Å²) in [6.07, 6.45) is 8.11. The molecule has 1 aromatic carbocycles. The lowest BCUT2D eigenvalue weighted by Gasteiger charge is -2.37. The predicted octanol–water partition coefficient (Wildman–Crippen LogP) is 1.30. The summed E-state index contributed by atoms with van der Waals surface area (Å²) in [7, 11) is 0. The van der Waals surface area contributed by atoms with Gasteiger partial charge in [-0.2, -0.15) is 0 Å². The Kier molecular flexibility index (Phi) is 10.2. The first kappa shape index (κ1) is 26.3. The molecule has 1 heterocycles. The number of rotatable bonds is 13. The number of β-lactam (4-membered cyclic amide) rings is 1. The second kappa shape index (κ2) is 13.6. The molecule has 2 fully saturated rings. The maximum atomic E-state index is 13.2. The quantitative estimate of drug-likeness (QED) is 0.122. The standard InChI is InChI=1S/C25H38N6O4/c26-25(27)28-15-9-3-8-14-20(32)29-19(16-17-10-4-1-5-11-17)22(33)30-21-23(34)31-24(21)35-18-12-6-2-7-13-18/h2,6-7,12-13,17,19,21,24H,1,3-5,8-11,14-16H2,(H,29,32)(H,30,33)(H,31,34)(H4,26,27,28). The predicted molar refractivity (Wildman–Crippen MR) is 133 cm³/mol. The van der Waals surface area contributed by atoms with E-state index in [1.54, 1.807) is 12.1 Å². The van der Waals surface area contributed by atoms with E-state index in [9.17, 15) is 14.4 Å². The van der Waals surface area contributed by atoms with E-state index in [0.717, 1.165) is 38.5 Å². The van der Waals surface area contributed by atoms with Crippen LogP contribution in [0.3, 0.4) is 0 Å². The third-order valence-corrected chi connectivity index (χ3v) is 6.48. The fourth-order valence-electron chi connectivity index (χ4n) is 4.53. The molecule has 1 aromatic rings. The summed E-state index contributed by atoms with van der Waals surface area (Å²) in [5.74, 6) is 0.226. The summed E-state index contributed by atoms with van der Waals surface area (Å²) in [4.78, 5) is 41.9. The molecule has 3 unspecified atom stereocenters. The van der Waals surface area contributed by atoms with E-state index in [1.807, 2.05) is 18.2 Å². The Morgan fingerprint density at radius 2 is 1.83 bits per heavy atom. The lowest BCUT2D eigenvalue weighted by molar-refractivity contribution is -0.144. The Hall–Kier alpha value is -3.30. The Balaban J connectivity index is 1.52. The zero-order valence-corrected chi connectivity index (χ0v) is 20.2. The number of benzene rings is 1. The first-order valence-electron chi connectivity index (χ1n) is 12.6. The van der Waals surface area contributed by atoms with E-state index in [1.165, 1.54) is 6.42 Å². The van der Waals surface area contributed by atoms with Crippen LogP contribution >= 0.6 is 0 Å². The van der Waals surface area contributed by atoms with E-state index in [-0.39, 0.29) is 23.7 Å². The van der Waals surface area contributed by atoms with Gasteiger partial charge in [-0.25, -0.2) is 0 Å². The lowest BCUT2D eigenvalue weighted by Crippen LogP contribution is -2.72. The van der Waals surface area contributed by atoms with Gasteiger partial charge in [-0.1, -0.05) is 56.7 Å². The van der Waals surface area contributed by atoms with Gasteiger partial charge >= 0.3 is 0 Å². The third kappa shape index (κ3) is 8.77. The second-order valence-corrected chi connectivity index (χ2v) is 9.32. The van der Waals surface area contributed by atoms with Gasteiger partial charge in [0.05, 0.1) is 0 Å². The first-order chi connectivity index (χ1) is 16.9. The normalized spacial score (nSPS) is 20.6. The topological polar surface area (TPSA) is 161 Å². The monoisotopic (exact) mass is 486 g/mol. The van der Waals surface area contributed by atoms with Crippen molar-refractivity contribution in [2.75, 3.05) is 6.54 Å². The average Bonchev–Trinajstić information content (AvgIpc) is 2.85. The zero-order chi connectivity index (χ0) is 25.0. The Morgan fingerprint density at radius 1 is 1.09 bits per heavy atom. The molecule has 35 heavy (non-hydrogen) atoms. The van der Waals surface area contributed by atoms with Gasteiger partial charge in [0.1, 0.15) is 11.8 Å². The number of guanidine groups is 1. The molecule has 0 bridgehead atoms. The van der Waals surface area contributed by atoms with Crippen LogP contribution in [0.1, 0.15) is 64.2 Å². The van der Waals surface area contributed by atoms with Gasteiger partial charge < -0.3 is 32.2 Å². The molecule has 3 rings (SSSR count). The minimum absolute atomic E-state index is 0.0656. The largest absolute Gasteiger partial charge is 0.468 e. The number of hydrogen-bond acceptors (Lipinski definition) is 5. The van der Waals surface area contributed by atoms with Gasteiger partial charge in [0.25, 0.3) is 5.91 Å². The van der Waals surface area contributed by atoms with Crippen molar-refractivity contribution < 1.29 is 19.1 Å². The number of hydrogen-bond donors (Lipinski definition) is 5. The highest BCUT2D eigenvalue weighted by Gasteiger charge is 2.43. The van der Waals surface area contributed by atoms with Crippen LogP contribution in [0, 0.1) is 5.92 Å². The molecule has 0 spiro atoms. The third-order valence-electron chi connectivity index (χ3n) is 6.48.